The van der Waals surface area contributed by atoms with Crippen LogP contribution in [0.3, 0.4) is 0 Å². The number of hydrogen-bond acceptors (Lipinski definition) is 3. The van der Waals surface area contributed by atoms with Crippen molar-refractivity contribution in [2.24, 2.45) is 0 Å². The number of carbonyl (C=O) groups is 1. The Hall–Kier alpha value is -1.59. The minimum atomic E-state index is -0.449. The maximum Gasteiger partial charge on any atom is 0.263 e. The van der Waals surface area contributed by atoms with E-state index in [1.165, 1.54) is 0 Å². The molecule has 2 rings (SSSR count). The first-order chi connectivity index (χ1) is 12.3. The third-order valence-electron chi connectivity index (χ3n) is 4.26. The van der Waals surface area contributed by atoms with Gasteiger partial charge in [-0.25, -0.2) is 0 Å². The number of carbonyl (C=O) groups excluding carboxylic acids is 1. The van der Waals surface area contributed by atoms with Gasteiger partial charge < -0.3 is 9.73 Å². The number of benzene rings is 1. The first kappa shape index (κ1) is 20.7. The fraction of sp³-hybridized carbons (Fsp3) is 0.400. The van der Waals surface area contributed by atoms with Gasteiger partial charge in [0.15, 0.2) is 0 Å². The van der Waals surface area contributed by atoms with Gasteiger partial charge in [0.1, 0.15) is 21.6 Å². The average molecular weight is 441 g/mol. The van der Waals surface area contributed by atoms with Crippen LogP contribution in [0.1, 0.15) is 60.2 Å². The standard InChI is InChI=1S/C20H23BrClNO3/c1-5-8-15-16(19(24)17(21)11(4)26-15)20(25)23-18-12(6-2)9-14(22)10-13(18)7-3/h9-10H,5-8H2,1-4H3,(H,23,25). The second kappa shape index (κ2) is 8.87. The molecule has 0 saturated heterocycles. The molecule has 4 nitrogen and oxygen atoms in total. The second-order valence-electron chi connectivity index (χ2n) is 6.11. The van der Waals surface area contributed by atoms with Gasteiger partial charge in [0, 0.05) is 17.1 Å². The van der Waals surface area contributed by atoms with Crippen LogP contribution in [0.25, 0.3) is 0 Å². The van der Waals surface area contributed by atoms with Crippen LogP contribution >= 0.6 is 27.5 Å². The molecule has 140 valence electrons. The van der Waals surface area contributed by atoms with E-state index in [0.717, 1.165) is 36.1 Å². The molecule has 6 heteroatoms. The molecule has 0 aliphatic heterocycles. The van der Waals surface area contributed by atoms with Gasteiger partial charge in [-0.15, -0.1) is 0 Å². The Morgan fingerprint density at radius 2 is 1.77 bits per heavy atom. The Morgan fingerprint density at radius 3 is 2.27 bits per heavy atom. The lowest BCUT2D eigenvalue weighted by Crippen LogP contribution is -2.26. The van der Waals surface area contributed by atoms with Crippen molar-refractivity contribution in [3.05, 3.63) is 60.1 Å². The average Bonchev–Trinajstić information content (AvgIpc) is 2.61. The first-order valence-electron chi connectivity index (χ1n) is 8.78. The highest BCUT2D eigenvalue weighted by atomic mass is 79.9. The minimum Gasteiger partial charge on any atom is -0.464 e. The number of hydrogen-bond donors (Lipinski definition) is 1. The number of amides is 1. The highest BCUT2D eigenvalue weighted by Gasteiger charge is 2.23. The van der Waals surface area contributed by atoms with Crippen molar-refractivity contribution in [3.63, 3.8) is 0 Å². The largest absolute Gasteiger partial charge is 0.464 e. The monoisotopic (exact) mass is 439 g/mol. The minimum absolute atomic E-state index is 0.0587. The van der Waals surface area contributed by atoms with Gasteiger partial charge in [-0.3, -0.25) is 9.59 Å². The van der Waals surface area contributed by atoms with E-state index in [9.17, 15) is 9.59 Å². The van der Waals surface area contributed by atoms with Crippen molar-refractivity contribution in [1.82, 2.24) is 0 Å². The maximum atomic E-state index is 13.0. The summed E-state index contributed by atoms with van der Waals surface area (Å²) in [6.45, 7) is 7.68. The van der Waals surface area contributed by atoms with Crippen molar-refractivity contribution in [2.45, 2.75) is 53.4 Å². The van der Waals surface area contributed by atoms with E-state index < -0.39 is 5.91 Å². The van der Waals surface area contributed by atoms with Gasteiger partial charge in [0.2, 0.25) is 5.43 Å². The smallest absolute Gasteiger partial charge is 0.263 e. The highest BCUT2D eigenvalue weighted by Crippen LogP contribution is 2.28. The molecular weight excluding hydrogens is 418 g/mol. The van der Waals surface area contributed by atoms with Crippen molar-refractivity contribution in [2.75, 3.05) is 5.32 Å². The first-order valence-corrected chi connectivity index (χ1v) is 9.95. The molecule has 1 N–H and O–H groups in total. The van der Waals surface area contributed by atoms with Gasteiger partial charge >= 0.3 is 0 Å². The molecule has 0 fully saturated rings. The zero-order chi connectivity index (χ0) is 19.4. The normalized spacial score (nSPS) is 10.8. The molecule has 0 spiro atoms. The molecule has 2 aromatic rings. The fourth-order valence-corrected chi connectivity index (χ4v) is 3.47. The zero-order valence-electron chi connectivity index (χ0n) is 15.5. The van der Waals surface area contributed by atoms with Crippen molar-refractivity contribution >= 4 is 39.1 Å². The molecule has 1 aromatic heterocycles. The van der Waals surface area contributed by atoms with Crippen LogP contribution in [0.2, 0.25) is 5.02 Å². The van der Waals surface area contributed by atoms with E-state index in [2.05, 4.69) is 21.2 Å². The van der Waals surface area contributed by atoms with E-state index in [1.54, 1.807) is 6.92 Å². The topological polar surface area (TPSA) is 59.3 Å². The molecule has 0 saturated carbocycles. The molecule has 0 aliphatic carbocycles. The lowest BCUT2D eigenvalue weighted by atomic mass is 10.0. The lowest BCUT2D eigenvalue weighted by Gasteiger charge is -2.16. The Kier molecular flexibility index (Phi) is 7.07. The summed E-state index contributed by atoms with van der Waals surface area (Å²) in [6.07, 6.45) is 2.73. The molecule has 0 bridgehead atoms. The summed E-state index contributed by atoms with van der Waals surface area (Å²) >= 11 is 9.41. The van der Waals surface area contributed by atoms with Gasteiger partial charge in [-0.2, -0.15) is 0 Å². The SMILES string of the molecule is CCCc1oc(C)c(Br)c(=O)c1C(=O)Nc1c(CC)cc(Cl)cc1CC. The van der Waals surface area contributed by atoms with Crippen LogP contribution in [-0.2, 0) is 19.3 Å². The van der Waals surface area contributed by atoms with Crippen LogP contribution in [0.4, 0.5) is 5.69 Å². The van der Waals surface area contributed by atoms with Crippen LogP contribution in [0.5, 0.6) is 0 Å². The fourth-order valence-electron chi connectivity index (χ4n) is 2.93. The van der Waals surface area contributed by atoms with E-state index in [0.29, 0.717) is 23.0 Å². The summed E-state index contributed by atoms with van der Waals surface area (Å²) in [5, 5.41) is 3.57. The molecular formula is C20H23BrClNO3. The second-order valence-corrected chi connectivity index (χ2v) is 7.34. The molecule has 0 unspecified atom stereocenters. The van der Waals surface area contributed by atoms with E-state index in [-0.39, 0.29) is 15.5 Å². The summed E-state index contributed by atoms with van der Waals surface area (Å²) in [7, 11) is 0. The molecule has 0 atom stereocenters. The van der Waals surface area contributed by atoms with Gasteiger partial charge in [0.25, 0.3) is 5.91 Å². The number of anilines is 1. The number of rotatable bonds is 6. The van der Waals surface area contributed by atoms with Crippen molar-refractivity contribution in [1.29, 1.82) is 0 Å². The number of halogens is 2. The summed E-state index contributed by atoms with van der Waals surface area (Å²) < 4.78 is 6.01. The van der Waals surface area contributed by atoms with Gasteiger partial charge in [-0.05, 0) is 65.4 Å². The molecule has 1 amide bonds. The van der Waals surface area contributed by atoms with Crippen LogP contribution < -0.4 is 10.7 Å². The number of nitrogens with one attached hydrogen (secondary N) is 1. The quantitative estimate of drug-likeness (QED) is 0.627. The van der Waals surface area contributed by atoms with E-state index in [1.807, 2.05) is 32.9 Å². The van der Waals surface area contributed by atoms with Gasteiger partial charge in [0.05, 0.1) is 0 Å². The predicted molar refractivity (Wildman–Crippen MR) is 110 cm³/mol. The Morgan fingerprint density at radius 1 is 1.19 bits per heavy atom. The van der Waals surface area contributed by atoms with E-state index >= 15 is 0 Å². The predicted octanol–water partition coefficient (Wildman–Crippen LogP) is 5.69. The van der Waals surface area contributed by atoms with Gasteiger partial charge in [-0.1, -0.05) is 32.4 Å². The summed E-state index contributed by atoms with van der Waals surface area (Å²) in [4.78, 5) is 25.7. The molecule has 26 heavy (non-hydrogen) atoms. The molecule has 0 radical (unpaired) electrons. The maximum absolute atomic E-state index is 13.0. The van der Waals surface area contributed by atoms with Crippen LogP contribution in [0, 0.1) is 6.92 Å². The zero-order valence-corrected chi connectivity index (χ0v) is 17.8. The summed E-state index contributed by atoms with van der Waals surface area (Å²) in [5.74, 6) is 0.445. The van der Waals surface area contributed by atoms with Crippen molar-refractivity contribution < 1.29 is 9.21 Å². The third-order valence-corrected chi connectivity index (χ3v) is 5.40. The Labute approximate surface area is 167 Å². The molecule has 1 aromatic carbocycles. The van der Waals surface area contributed by atoms with Crippen LogP contribution in [-0.4, -0.2) is 5.91 Å². The summed E-state index contributed by atoms with van der Waals surface area (Å²) in [6, 6.07) is 3.69. The van der Waals surface area contributed by atoms with E-state index in [4.69, 9.17) is 16.0 Å². The molecule has 0 aliphatic rings. The Balaban J connectivity index is 2.56. The summed E-state index contributed by atoms with van der Waals surface area (Å²) in [5.41, 5.74) is 2.32. The van der Waals surface area contributed by atoms with Crippen LogP contribution in [0.15, 0.2) is 25.8 Å². The Bertz CT molecular complexity index is 864. The lowest BCUT2D eigenvalue weighted by molar-refractivity contribution is 0.102. The highest BCUT2D eigenvalue weighted by molar-refractivity contribution is 9.10. The van der Waals surface area contributed by atoms with Crippen molar-refractivity contribution in [3.8, 4) is 0 Å². The molecule has 1 heterocycles. The third kappa shape index (κ3) is 4.21. The number of aryl methyl sites for hydroxylation is 4.